The largest absolute Gasteiger partial charge is 0.505 e. The number of hydrogen-bond donors (Lipinski definition) is 3. The van der Waals surface area contributed by atoms with Gasteiger partial charge in [-0.2, -0.15) is 0 Å². The average Bonchev–Trinajstić information content (AvgIpc) is 2.11. The van der Waals surface area contributed by atoms with Crippen LogP contribution in [0.1, 0.15) is 19.4 Å². The highest BCUT2D eigenvalue weighted by Gasteiger charge is 2.08. The second-order valence-electron chi connectivity index (χ2n) is 3.55. The molecule has 0 heterocycles. The van der Waals surface area contributed by atoms with Crippen molar-refractivity contribution < 1.29 is 14.7 Å². The molecule has 5 nitrogen and oxygen atoms in total. The van der Waals surface area contributed by atoms with Crippen molar-refractivity contribution in [2.75, 3.05) is 10.6 Å². The number of nitrogens with one attached hydrogen (secondary N) is 2. The Morgan fingerprint density at radius 2 is 1.69 bits per heavy atom. The maximum atomic E-state index is 10.9. The summed E-state index contributed by atoms with van der Waals surface area (Å²) in [4.78, 5) is 21.8. The molecule has 0 unspecified atom stereocenters. The number of amides is 2. The molecule has 1 aromatic rings. The molecular formula is C11H14N2O3. The predicted molar refractivity (Wildman–Crippen MR) is 61.5 cm³/mol. The van der Waals surface area contributed by atoms with E-state index in [1.54, 1.807) is 13.0 Å². The average molecular weight is 222 g/mol. The standard InChI is InChI=1S/C11H14N2O3/c1-6-4-9(12-7(2)14)5-10(11(6)16)13-8(3)15/h4-5,16H,1-3H3,(H,12,14)(H,13,15). The van der Waals surface area contributed by atoms with Crippen molar-refractivity contribution in [3.05, 3.63) is 17.7 Å². The van der Waals surface area contributed by atoms with Gasteiger partial charge in [0.15, 0.2) is 0 Å². The Balaban J connectivity index is 3.11. The van der Waals surface area contributed by atoms with Crippen LogP contribution in [0.5, 0.6) is 5.75 Å². The molecule has 2 amide bonds. The van der Waals surface area contributed by atoms with Gasteiger partial charge in [0.05, 0.1) is 5.69 Å². The molecule has 0 saturated carbocycles. The molecule has 1 aromatic carbocycles. The Morgan fingerprint density at radius 1 is 1.12 bits per heavy atom. The molecule has 0 spiro atoms. The number of anilines is 2. The molecule has 0 aliphatic rings. The zero-order valence-electron chi connectivity index (χ0n) is 9.42. The van der Waals surface area contributed by atoms with Crippen molar-refractivity contribution in [2.24, 2.45) is 0 Å². The molecule has 0 fully saturated rings. The monoisotopic (exact) mass is 222 g/mol. The number of phenolic OH excluding ortho intramolecular Hbond substituents is 1. The van der Waals surface area contributed by atoms with Crippen LogP contribution in [0.4, 0.5) is 11.4 Å². The van der Waals surface area contributed by atoms with Crippen LogP contribution in [0, 0.1) is 6.92 Å². The van der Waals surface area contributed by atoms with Gasteiger partial charge in [-0.15, -0.1) is 0 Å². The smallest absolute Gasteiger partial charge is 0.221 e. The first-order valence-corrected chi connectivity index (χ1v) is 4.79. The molecule has 0 saturated heterocycles. The summed E-state index contributed by atoms with van der Waals surface area (Å²) in [6.45, 7) is 4.42. The second kappa shape index (κ2) is 4.65. The molecule has 16 heavy (non-hydrogen) atoms. The number of aromatic hydroxyl groups is 1. The molecular weight excluding hydrogens is 208 g/mol. The maximum Gasteiger partial charge on any atom is 0.221 e. The molecule has 5 heteroatoms. The third-order valence-electron chi connectivity index (χ3n) is 1.93. The minimum absolute atomic E-state index is 0.00398. The normalized spacial score (nSPS) is 9.69. The van der Waals surface area contributed by atoms with Crippen LogP contribution < -0.4 is 10.6 Å². The summed E-state index contributed by atoms with van der Waals surface area (Å²) < 4.78 is 0. The summed E-state index contributed by atoms with van der Waals surface area (Å²) in [5.74, 6) is -0.488. The zero-order valence-corrected chi connectivity index (χ0v) is 9.42. The number of rotatable bonds is 2. The SMILES string of the molecule is CC(=O)Nc1cc(C)c(O)c(NC(C)=O)c1. The Morgan fingerprint density at radius 3 is 2.19 bits per heavy atom. The molecule has 1 rings (SSSR count). The van der Waals surface area contributed by atoms with Crippen molar-refractivity contribution in [3.8, 4) is 5.75 Å². The molecule has 0 radical (unpaired) electrons. The summed E-state index contributed by atoms with van der Waals surface area (Å²) in [7, 11) is 0. The summed E-state index contributed by atoms with van der Waals surface area (Å²) in [5.41, 5.74) is 1.40. The second-order valence-corrected chi connectivity index (χ2v) is 3.55. The van der Waals surface area contributed by atoms with E-state index in [0.717, 1.165) is 0 Å². The summed E-state index contributed by atoms with van der Waals surface area (Å²) in [6, 6.07) is 3.13. The van der Waals surface area contributed by atoms with Crippen molar-refractivity contribution in [3.63, 3.8) is 0 Å². The quantitative estimate of drug-likeness (QED) is 0.525. The van der Waals surface area contributed by atoms with Crippen LogP contribution in [-0.4, -0.2) is 16.9 Å². The van der Waals surface area contributed by atoms with Crippen LogP contribution in [0.3, 0.4) is 0 Å². The molecule has 3 N–H and O–H groups in total. The van der Waals surface area contributed by atoms with Crippen LogP contribution in [-0.2, 0) is 9.59 Å². The number of aryl methyl sites for hydroxylation is 1. The van der Waals surface area contributed by atoms with Gasteiger partial charge in [-0.3, -0.25) is 9.59 Å². The van der Waals surface area contributed by atoms with E-state index in [1.165, 1.54) is 19.9 Å². The fraction of sp³-hybridized carbons (Fsp3) is 0.273. The minimum atomic E-state index is -0.283. The first kappa shape index (κ1) is 12.0. The third-order valence-corrected chi connectivity index (χ3v) is 1.93. The number of benzene rings is 1. The lowest BCUT2D eigenvalue weighted by Gasteiger charge is -2.11. The Kier molecular flexibility index (Phi) is 3.50. The van der Waals surface area contributed by atoms with Crippen molar-refractivity contribution in [1.29, 1.82) is 0 Å². The van der Waals surface area contributed by atoms with Gasteiger partial charge in [0.25, 0.3) is 0 Å². The van der Waals surface area contributed by atoms with Gasteiger partial charge in [0.2, 0.25) is 11.8 Å². The van der Waals surface area contributed by atoms with Gasteiger partial charge in [-0.25, -0.2) is 0 Å². The lowest BCUT2D eigenvalue weighted by atomic mass is 10.1. The van der Waals surface area contributed by atoms with Crippen molar-refractivity contribution in [1.82, 2.24) is 0 Å². The summed E-state index contributed by atoms with van der Waals surface area (Å²) in [6.07, 6.45) is 0. The Hall–Kier alpha value is -2.04. The van der Waals surface area contributed by atoms with E-state index in [-0.39, 0.29) is 23.3 Å². The fourth-order valence-corrected chi connectivity index (χ4v) is 1.34. The van der Waals surface area contributed by atoms with Crippen LogP contribution in [0.2, 0.25) is 0 Å². The molecule has 0 aliphatic heterocycles. The van der Waals surface area contributed by atoms with Gasteiger partial charge in [-0.1, -0.05) is 0 Å². The lowest BCUT2D eigenvalue weighted by Crippen LogP contribution is -2.09. The summed E-state index contributed by atoms with van der Waals surface area (Å²) >= 11 is 0. The van der Waals surface area contributed by atoms with E-state index in [1.807, 2.05) is 0 Å². The minimum Gasteiger partial charge on any atom is -0.505 e. The van der Waals surface area contributed by atoms with Gasteiger partial charge in [0.1, 0.15) is 5.75 Å². The third kappa shape index (κ3) is 2.98. The zero-order chi connectivity index (χ0) is 12.3. The molecule has 0 aromatic heterocycles. The van der Waals surface area contributed by atoms with Crippen LogP contribution >= 0.6 is 0 Å². The topological polar surface area (TPSA) is 78.4 Å². The van der Waals surface area contributed by atoms with Gasteiger partial charge >= 0.3 is 0 Å². The molecule has 86 valence electrons. The first-order chi connectivity index (χ1) is 7.40. The van der Waals surface area contributed by atoms with E-state index >= 15 is 0 Å². The Labute approximate surface area is 93.5 Å². The highest BCUT2D eigenvalue weighted by Crippen LogP contribution is 2.31. The number of carbonyl (C=O) groups excluding carboxylic acids is 2. The highest BCUT2D eigenvalue weighted by atomic mass is 16.3. The van der Waals surface area contributed by atoms with E-state index in [0.29, 0.717) is 11.3 Å². The van der Waals surface area contributed by atoms with Crippen LogP contribution in [0.15, 0.2) is 12.1 Å². The van der Waals surface area contributed by atoms with Gasteiger partial charge in [-0.05, 0) is 24.6 Å². The van der Waals surface area contributed by atoms with E-state index < -0.39 is 0 Å². The van der Waals surface area contributed by atoms with E-state index in [2.05, 4.69) is 10.6 Å². The maximum absolute atomic E-state index is 10.9. The number of carbonyl (C=O) groups is 2. The Bertz CT molecular complexity index is 441. The van der Waals surface area contributed by atoms with E-state index in [9.17, 15) is 14.7 Å². The van der Waals surface area contributed by atoms with Gasteiger partial charge in [0, 0.05) is 19.5 Å². The first-order valence-electron chi connectivity index (χ1n) is 4.79. The van der Waals surface area contributed by atoms with Gasteiger partial charge < -0.3 is 15.7 Å². The molecule has 0 aliphatic carbocycles. The van der Waals surface area contributed by atoms with E-state index in [4.69, 9.17) is 0 Å². The number of hydrogen-bond acceptors (Lipinski definition) is 3. The van der Waals surface area contributed by atoms with Crippen molar-refractivity contribution >= 4 is 23.2 Å². The van der Waals surface area contributed by atoms with Crippen LogP contribution in [0.25, 0.3) is 0 Å². The predicted octanol–water partition coefficient (Wildman–Crippen LogP) is 1.62. The number of phenols is 1. The lowest BCUT2D eigenvalue weighted by molar-refractivity contribution is -0.115. The highest BCUT2D eigenvalue weighted by molar-refractivity contribution is 5.94. The summed E-state index contributed by atoms with van der Waals surface area (Å²) in [5, 5.41) is 14.8. The molecule has 0 atom stereocenters. The fourth-order valence-electron chi connectivity index (χ4n) is 1.34. The van der Waals surface area contributed by atoms with Crippen molar-refractivity contribution in [2.45, 2.75) is 20.8 Å². The molecule has 0 bridgehead atoms.